The fraction of sp³-hybridized carbons (Fsp3) is 0.652. The van der Waals surface area contributed by atoms with E-state index in [0.717, 1.165) is 44.2 Å². The standard InChI is InChI=1S/C23H34N2O5S/c1-23(2,3)29-22(26)25-15-13-20(14-16-25)30-24-19-9-5-17(6-10-19)18-7-11-21(12-8-18)31(4,27)28/h7-8,11-12,17,20H,5-6,9-10,13-16H2,1-4H3. The Hall–Kier alpha value is -2.09. The van der Waals surface area contributed by atoms with Gasteiger partial charge in [0.05, 0.1) is 10.6 Å². The molecule has 2 aliphatic rings. The van der Waals surface area contributed by atoms with Gasteiger partial charge in [0.15, 0.2) is 9.84 Å². The molecule has 2 fully saturated rings. The van der Waals surface area contributed by atoms with Crippen molar-refractivity contribution >= 4 is 21.6 Å². The zero-order chi connectivity index (χ0) is 22.6. The molecule has 1 saturated carbocycles. The maximum Gasteiger partial charge on any atom is 0.410 e. The third kappa shape index (κ3) is 6.95. The summed E-state index contributed by atoms with van der Waals surface area (Å²) >= 11 is 0. The lowest BCUT2D eigenvalue weighted by Crippen LogP contribution is -2.43. The summed E-state index contributed by atoms with van der Waals surface area (Å²) in [7, 11) is -3.16. The van der Waals surface area contributed by atoms with E-state index in [-0.39, 0.29) is 12.2 Å². The molecule has 0 unspecified atom stereocenters. The smallest absolute Gasteiger partial charge is 0.410 e. The minimum Gasteiger partial charge on any atom is -0.444 e. The van der Waals surface area contributed by atoms with Gasteiger partial charge in [0, 0.05) is 32.2 Å². The molecular weight excluding hydrogens is 416 g/mol. The second kappa shape index (κ2) is 9.59. The van der Waals surface area contributed by atoms with Crippen molar-refractivity contribution in [1.29, 1.82) is 0 Å². The van der Waals surface area contributed by atoms with Crippen molar-refractivity contribution in [2.45, 2.75) is 81.8 Å². The Kier molecular flexibility index (Phi) is 7.29. The molecule has 1 saturated heterocycles. The van der Waals surface area contributed by atoms with Gasteiger partial charge in [0.2, 0.25) is 0 Å². The van der Waals surface area contributed by atoms with Crippen LogP contribution in [0.2, 0.25) is 0 Å². The van der Waals surface area contributed by atoms with Gasteiger partial charge in [-0.1, -0.05) is 17.3 Å². The second-order valence-electron chi connectivity index (χ2n) is 9.55. The molecule has 31 heavy (non-hydrogen) atoms. The van der Waals surface area contributed by atoms with E-state index in [1.165, 1.54) is 11.8 Å². The first-order valence-corrected chi connectivity index (χ1v) is 12.9. The van der Waals surface area contributed by atoms with E-state index in [4.69, 9.17) is 9.57 Å². The van der Waals surface area contributed by atoms with Crippen LogP contribution in [0.1, 0.15) is 70.8 Å². The summed E-state index contributed by atoms with van der Waals surface area (Å²) in [5, 5.41) is 4.41. The molecule has 172 valence electrons. The van der Waals surface area contributed by atoms with Gasteiger partial charge in [-0.05, 0) is 70.1 Å². The molecule has 8 heteroatoms. The molecule has 0 N–H and O–H groups in total. The monoisotopic (exact) mass is 450 g/mol. The molecule has 0 aromatic heterocycles. The van der Waals surface area contributed by atoms with E-state index in [1.807, 2.05) is 32.9 Å². The largest absolute Gasteiger partial charge is 0.444 e. The van der Waals surface area contributed by atoms with Gasteiger partial charge in [0.1, 0.15) is 11.7 Å². The molecule has 1 aromatic rings. The number of piperidine rings is 1. The fourth-order valence-electron chi connectivity index (χ4n) is 3.98. The van der Waals surface area contributed by atoms with Crippen LogP contribution in [-0.2, 0) is 19.4 Å². The van der Waals surface area contributed by atoms with Gasteiger partial charge in [-0.25, -0.2) is 13.2 Å². The van der Waals surface area contributed by atoms with Crippen molar-refractivity contribution in [3.8, 4) is 0 Å². The summed E-state index contributed by atoms with van der Waals surface area (Å²) < 4.78 is 28.7. The van der Waals surface area contributed by atoms with E-state index in [0.29, 0.717) is 23.9 Å². The number of likely N-dealkylation sites (tertiary alicyclic amines) is 1. The number of nitrogens with zero attached hydrogens (tertiary/aromatic N) is 2. The van der Waals surface area contributed by atoms with Crippen LogP contribution in [0.15, 0.2) is 34.3 Å². The third-order valence-electron chi connectivity index (χ3n) is 5.77. The molecule has 1 aliphatic heterocycles. The third-order valence-corrected chi connectivity index (χ3v) is 6.90. The van der Waals surface area contributed by atoms with E-state index in [1.54, 1.807) is 17.0 Å². The Balaban J connectivity index is 1.43. The average molecular weight is 451 g/mol. The zero-order valence-corrected chi connectivity index (χ0v) is 19.8. The highest BCUT2D eigenvalue weighted by atomic mass is 32.2. The molecule has 1 amide bonds. The lowest BCUT2D eigenvalue weighted by atomic mass is 9.83. The molecule has 3 rings (SSSR count). The lowest BCUT2D eigenvalue weighted by molar-refractivity contribution is -0.0103. The van der Waals surface area contributed by atoms with Gasteiger partial charge >= 0.3 is 6.09 Å². The van der Waals surface area contributed by atoms with Crippen LogP contribution in [0.3, 0.4) is 0 Å². The summed E-state index contributed by atoms with van der Waals surface area (Å²) in [4.78, 5) is 20.0. The Morgan fingerprint density at radius 2 is 1.61 bits per heavy atom. The van der Waals surface area contributed by atoms with Gasteiger partial charge in [-0.2, -0.15) is 0 Å². The predicted octanol–water partition coefficient (Wildman–Crippen LogP) is 4.52. The number of carbonyl (C=O) groups excluding carboxylic acids is 1. The van der Waals surface area contributed by atoms with Crippen molar-refractivity contribution in [3.63, 3.8) is 0 Å². The van der Waals surface area contributed by atoms with E-state index >= 15 is 0 Å². The van der Waals surface area contributed by atoms with Crippen LogP contribution in [0.25, 0.3) is 0 Å². The topological polar surface area (TPSA) is 85.3 Å². The average Bonchev–Trinajstić information content (AvgIpc) is 2.71. The Bertz CT molecular complexity index is 885. The summed E-state index contributed by atoms with van der Waals surface area (Å²) in [5.41, 5.74) is 1.78. The fourth-order valence-corrected chi connectivity index (χ4v) is 4.61. The minimum absolute atomic E-state index is 0.0347. The first-order valence-electron chi connectivity index (χ1n) is 11.0. The lowest BCUT2D eigenvalue weighted by Gasteiger charge is -2.32. The highest BCUT2D eigenvalue weighted by molar-refractivity contribution is 7.90. The van der Waals surface area contributed by atoms with Crippen molar-refractivity contribution in [2.24, 2.45) is 5.16 Å². The van der Waals surface area contributed by atoms with Gasteiger partial charge in [0.25, 0.3) is 0 Å². The van der Waals surface area contributed by atoms with Gasteiger partial charge in [-0.15, -0.1) is 0 Å². The maximum atomic E-state index is 12.1. The van der Waals surface area contributed by atoms with Crippen molar-refractivity contribution in [1.82, 2.24) is 4.90 Å². The molecule has 1 heterocycles. The van der Waals surface area contributed by atoms with Crippen molar-refractivity contribution < 1.29 is 22.8 Å². The number of rotatable bonds is 4. The van der Waals surface area contributed by atoms with Crippen LogP contribution in [0, 0.1) is 0 Å². The molecule has 0 atom stereocenters. The number of oxime groups is 1. The number of carbonyl (C=O) groups is 1. The Morgan fingerprint density at radius 1 is 1.03 bits per heavy atom. The van der Waals surface area contributed by atoms with Crippen LogP contribution in [0.4, 0.5) is 4.79 Å². The number of ether oxygens (including phenoxy) is 1. The zero-order valence-electron chi connectivity index (χ0n) is 19.0. The summed E-state index contributed by atoms with van der Waals surface area (Å²) in [5.74, 6) is 0.421. The van der Waals surface area contributed by atoms with Crippen molar-refractivity contribution in [3.05, 3.63) is 29.8 Å². The summed E-state index contributed by atoms with van der Waals surface area (Å²) in [6.45, 7) is 6.86. The molecule has 0 radical (unpaired) electrons. The first-order chi connectivity index (χ1) is 14.5. The van der Waals surface area contributed by atoms with Crippen LogP contribution >= 0.6 is 0 Å². The number of sulfone groups is 1. The minimum atomic E-state index is -3.16. The van der Waals surface area contributed by atoms with Crippen molar-refractivity contribution in [2.75, 3.05) is 19.3 Å². The summed E-state index contributed by atoms with van der Waals surface area (Å²) in [6.07, 6.45) is 6.25. The van der Waals surface area contributed by atoms with Gasteiger partial charge in [-0.3, -0.25) is 0 Å². The SMILES string of the molecule is CC(C)(C)OC(=O)N1CCC(ON=C2CCC(c3ccc(S(C)(=O)=O)cc3)CC2)CC1. The molecule has 0 spiro atoms. The van der Waals surface area contributed by atoms with E-state index in [9.17, 15) is 13.2 Å². The van der Waals surface area contributed by atoms with E-state index in [2.05, 4.69) is 5.16 Å². The number of benzene rings is 1. The highest BCUT2D eigenvalue weighted by Gasteiger charge is 2.28. The number of hydrogen-bond acceptors (Lipinski definition) is 6. The Morgan fingerprint density at radius 3 is 2.13 bits per heavy atom. The molecule has 7 nitrogen and oxygen atoms in total. The maximum absolute atomic E-state index is 12.1. The summed E-state index contributed by atoms with van der Waals surface area (Å²) in [6, 6.07) is 7.25. The molecule has 0 bridgehead atoms. The van der Waals surface area contributed by atoms with Crippen LogP contribution in [-0.4, -0.2) is 56.2 Å². The molecule has 1 aliphatic carbocycles. The van der Waals surface area contributed by atoms with Crippen LogP contribution < -0.4 is 0 Å². The van der Waals surface area contributed by atoms with Gasteiger partial charge < -0.3 is 14.5 Å². The highest BCUT2D eigenvalue weighted by Crippen LogP contribution is 2.32. The Labute approximate surface area is 185 Å². The number of amides is 1. The first kappa shape index (κ1) is 23.6. The quantitative estimate of drug-likeness (QED) is 0.630. The number of hydrogen-bond donors (Lipinski definition) is 0. The molecular formula is C23H34N2O5S. The van der Waals surface area contributed by atoms with Crippen LogP contribution in [0.5, 0.6) is 0 Å². The second-order valence-corrected chi connectivity index (χ2v) is 11.6. The molecule has 1 aromatic carbocycles. The normalized spacial score (nSPS) is 21.0. The predicted molar refractivity (Wildman–Crippen MR) is 120 cm³/mol. The van der Waals surface area contributed by atoms with E-state index < -0.39 is 15.4 Å².